The minimum Gasteiger partial charge on any atom is -0.466 e. The molecule has 0 aliphatic carbocycles. The van der Waals surface area contributed by atoms with Crippen molar-refractivity contribution < 1.29 is 29.0 Å². The van der Waals surface area contributed by atoms with Gasteiger partial charge in [-0.05, 0) is 44.1 Å². The van der Waals surface area contributed by atoms with Crippen LogP contribution in [0, 0.1) is 17.8 Å². The molecule has 0 saturated heterocycles. The highest BCUT2D eigenvalue weighted by molar-refractivity contribution is 5.92. The van der Waals surface area contributed by atoms with Crippen LogP contribution in [-0.2, 0) is 23.9 Å². The Balaban J connectivity index is 5.41. The van der Waals surface area contributed by atoms with Gasteiger partial charge in [-0.1, -0.05) is 41.5 Å². The molecule has 0 aromatic heterocycles. The fourth-order valence-corrected chi connectivity index (χ4v) is 3.42. The van der Waals surface area contributed by atoms with E-state index in [4.69, 9.17) is 10.5 Å². The second kappa shape index (κ2) is 16.4. The van der Waals surface area contributed by atoms with Gasteiger partial charge in [0.15, 0.2) is 0 Å². The predicted octanol–water partition coefficient (Wildman–Crippen LogP) is 0.852. The maximum atomic E-state index is 13.1. The van der Waals surface area contributed by atoms with Crippen LogP contribution < -0.4 is 21.7 Å². The van der Waals surface area contributed by atoms with Gasteiger partial charge < -0.3 is 31.5 Å². The molecule has 0 saturated carbocycles. The van der Waals surface area contributed by atoms with Crippen LogP contribution in [-0.4, -0.2) is 66.2 Å². The third kappa shape index (κ3) is 12.3. The molecule has 34 heavy (non-hydrogen) atoms. The number of rotatable bonds is 16. The number of nitrogens with one attached hydrogen (secondary N) is 3. The van der Waals surface area contributed by atoms with Crippen molar-refractivity contribution in [2.45, 2.75) is 98.4 Å². The molecule has 198 valence electrons. The summed E-state index contributed by atoms with van der Waals surface area (Å²) < 4.78 is 4.89. The van der Waals surface area contributed by atoms with Crippen molar-refractivity contribution in [3.8, 4) is 0 Å². The van der Waals surface area contributed by atoms with Gasteiger partial charge in [-0.15, -0.1) is 0 Å². The Morgan fingerprint density at radius 2 is 1.38 bits per heavy atom. The molecule has 0 aromatic carbocycles. The van der Waals surface area contributed by atoms with E-state index in [9.17, 15) is 24.3 Å². The third-order valence-corrected chi connectivity index (χ3v) is 5.30. The average Bonchev–Trinajstić information content (AvgIpc) is 2.71. The van der Waals surface area contributed by atoms with Crippen LogP contribution in [0.1, 0.15) is 74.1 Å². The Hall–Kier alpha value is -2.20. The van der Waals surface area contributed by atoms with E-state index in [-0.39, 0.29) is 36.7 Å². The highest BCUT2D eigenvalue weighted by atomic mass is 16.5. The van der Waals surface area contributed by atoms with Gasteiger partial charge in [0.05, 0.1) is 25.2 Å². The van der Waals surface area contributed by atoms with Crippen molar-refractivity contribution in [1.29, 1.82) is 0 Å². The number of carbonyl (C=O) groups excluding carboxylic acids is 4. The molecule has 0 heterocycles. The zero-order valence-corrected chi connectivity index (χ0v) is 21.8. The summed E-state index contributed by atoms with van der Waals surface area (Å²) in [4.78, 5) is 50.1. The monoisotopic (exact) mass is 486 g/mol. The number of aliphatic hydroxyl groups is 1. The van der Waals surface area contributed by atoms with Crippen molar-refractivity contribution in [2.75, 3.05) is 13.2 Å². The molecule has 4 atom stereocenters. The maximum Gasteiger partial charge on any atom is 0.308 e. The fraction of sp³-hybridized carbons (Fsp3) is 0.833. The second-order valence-electron chi connectivity index (χ2n) is 9.74. The van der Waals surface area contributed by atoms with E-state index in [1.807, 2.05) is 27.7 Å². The first-order chi connectivity index (χ1) is 15.8. The molecule has 3 amide bonds. The first-order valence-corrected chi connectivity index (χ1v) is 12.3. The molecule has 0 rings (SSSR count). The summed E-state index contributed by atoms with van der Waals surface area (Å²) in [6.07, 6.45) is -0.232. The molecular weight excluding hydrogens is 440 g/mol. The van der Waals surface area contributed by atoms with Crippen LogP contribution in [0.4, 0.5) is 0 Å². The number of hydrogen-bond donors (Lipinski definition) is 5. The lowest BCUT2D eigenvalue weighted by Crippen LogP contribution is -2.58. The van der Waals surface area contributed by atoms with Gasteiger partial charge in [0.2, 0.25) is 17.7 Å². The molecule has 10 nitrogen and oxygen atoms in total. The Morgan fingerprint density at radius 3 is 1.85 bits per heavy atom. The lowest BCUT2D eigenvalue weighted by molar-refractivity contribution is -0.146. The van der Waals surface area contributed by atoms with E-state index in [0.29, 0.717) is 25.8 Å². The minimum absolute atomic E-state index is 0.150. The standard InChI is InChI=1S/C24H46N4O6/c1-8-34-20(31)13-18(29)17(10-9-11-25)26-23(32)22(16(6)7)28-24(33)21(15(4)5)27-19(30)12-14(2)3/h14-18,21-22,29H,8-13,25H2,1-7H3,(H,26,32)(H,27,30)(H,28,33)/t17-,18?,21?,22+/m0/s1. The van der Waals surface area contributed by atoms with Crippen molar-refractivity contribution >= 4 is 23.7 Å². The van der Waals surface area contributed by atoms with E-state index in [2.05, 4.69) is 16.0 Å². The van der Waals surface area contributed by atoms with Crippen LogP contribution in [0.25, 0.3) is 0 Å². The number of carbonyl (C=O) groups is 4. The second-order valence-corrected chi connectivity index (χ2v) is 9.74. The van der Waals surface area contributed by atoms with E-state index >= 15 is 0 Å². The summed E-state index contributed by atoms with van der Waals surface area (Å²) in [5.41, 5.74) is 5.58. The van der Waals surface area contributed by atoms with Crippen molar-refractivity contribution in [3.63, 3.8) is 0 Å². The van der Waals surface area contributed by atoms with Gasteiger partial charge in [0.1, 0.15) is 12.1 Å². The van der Waals surface area contributed by atoms with E-state index < -0.39 is 42.0 Å². The molecule has 6 N–H and O–H groups in total. The number of esters is 1. The van der Waals surface area contributed by atoms with E-state index in [1.165, 1.54) is 0 Å². The molecule has 10 heteroatoms. The molecule has 0 bridgehead atoms. The largest absolute Gasteiger partial charge is 0.466 e. The summed E-state index contributed by atoms with van der Waals surface area (Å²) in [5.74, 6) is -2.02. The zero-order valence-electron chi connectivity index (χ0n) is 21.8. The number of amides is 3. The van der Waals surface area contributed by atoms with Crippen LogP contribution in [0.3, 0.4) is 0 Å². The summed E-state index contributed by atoms with van der Waals surface area (Å²) in [5, 5.41) is 18.8. The first kappa shape index (κ1) is 31.8. The Kier molecular flexibility index (Phi) is 15.4. The number of hydrogen-bond acceptors (Lipinski definition) is 7. The number of aliphatic hydroxyl groups excluding tert-OH is 1. The van der Waals surface area contributed by atoms with E-state index in [1.54, 1.807) is 20.8 Å². The Labute approximate surface area is 204 Å². The molecule has 0 radical (unpaired) electrons. The lowest BCUT2D eigenvalue weighted by atomic mass is 9.97. The highest BCUT2D eigenvalue weighted by Crippen LogP contribution is 2.11. The lowest BCUT2D eigenvalue weighted by Gasteiger charge is -2.30. The molecule has 0 fully saturated rings. The fourth-order valence-electron chi connectivity index (χ4n) is 3.42. The average molecular weight is 487 g/mol. The van der Waals surface area contributed by atoms with Crippen LogP contribution in [0.15, 0.2) is 0 Å². The molecule has 0 spiro atoms. The van der Waals surface area contributed by atoms with Crippen LogP contribution in [0.5, 0.6) is 0 Å². The normalized spacial score (nSPS) is 14.9. The summed E-state index contributed by atoms with van der Waals surface area (Å²) in [6, 6.07) is -2.42. The molecular formula is C24H46N4O6. The molecule has 0 aliphatic heterocycles. The molecule has 2 unspecified atom stereocenters. The van der Waals surface area contributed by atoms with Crippen LogP contribution in [0.2, 0.25) is 0 Å². The SMILES string of the molecule is CCOC(=O)CC(O)[C@H](CCCN)NC(=O)[C@H](NC(=O)C(NC(=O)CC(C)C)C(C)C)C(C)C. The van der Waals surface area contributed by atoms with Gasteiger partial charge in [-0.2, -0.15) is 0 Å². The van der Waals surface area contributed by atoms with Gasteiger partial charge in [0, 0.05) is 6.42 Å². The van der Waals surface area contributed by atoms with Crippen LogP contribution >= 0.6 is 0 Å². The molecule has 0 aromatic rings. The smallest absolute Gasteiger partial charge is 0.308 e. The van der Waals surface area contributed by atoms with Crippen molar-refractivity contribution in [2.24, 2.45) is 23.5 Å². The third-order valence-electron chi connectivity index (χ3n) is 5.30. The predicted molar refractivity (Wildman–Crippen MR) is 130 cm³/mol. The Bertz CT molecular complexity index is 653. The Morgan fingerprint density at radius 1 is 0.853 bits per heavy atom. The van der Waals surface area contributed by atoms with E-state index in [0.717, 1.165) is 0 Å². The van der Waals surface area contributed by atoms with Gasteiger partial charge in [-0.3, -0.25) is 19.2 Å². The summed E-state index contributed by atoms with van der Waals surface area (Å²) in [7, 11) is 0. The summed E-state index contributed by atoms with van der Waals surface area (Å²) >= 11 is 0. The number of nitrogens with two attached hydrogens (primary N) is 1. The number of ether oxygens (including phenoxy) is 1. The molecule has 0 aliphatic rings. The highest BCUT2D eigenvalue weighted by Gasteiger charge is 2.32. The van der Waals surface area contributed by atoms with Crippen molar-refractivity contribution in [3.05, 3.63) is 0 Å². The maximum absolute atomic E-state index is 13.1. The van der Waals surface area contributed by atoms with Gasteiger partial charge in [-0.25, -0.2) is 0 Å². The topological polar surface area (TPSA) is 160 Å². The first-order valence-electron chi connectivity index (χ1n) is 12.3. The minimum atomic E-state index is -1.16. The zero-order chi connectivity index (χ0) is 26.4. The van der Waals surface area contributed by atoms with Crippen molar-refractivity contribution in [1.82, 2.24) is 16.0 Å². The summed E-state index contributed by atoms with van der Waals surface area (Å²) in [6.45, 7) is 13.3. The quantitative estimate of drug-likeness (QED) is 0.202. The van der Waals surface area contributed by atoms with Gasteiger partial charge in [0.25, 0.3) is 0 Å². The van der Waals surface area contributed by atoms with Gasteiger partial charge >= 0.3 is 5.97 Å².